The standard InChI is InChI=1S/C22H21F3O/c1-6-15(3)19(23)13-17(5)16(4)9-7-14(2)8-10-18-11-12-20(26)22(25)21(18)24/h7-13,26H,2-6H2,1H3/b9-7-,10-8+,19-13+. The average molecular weight is 358 g/mol. The van der Waals surface area contributed by atoms with Crippen molar-refractivity contribution in [1.82, 2.24) is 0 Å². The summed E-state index contributed by atoms with van der Waals surface area (Å²) in [7, 11) is 0. The van der Waals surface area contributed by atoms with Gasteiger partial charge in [-0.15, -0.1) is 0 Å². The van der Waals surface area contributed by atoms with E-state index in [9.17, 15) is 13.2 Å². The molecule has 0 aromatic heterocycles. The number of benzene rings is 1. The number of phenolic OH excluding ortho intramolecular Hbond substituents is 1. The lowest BCUT2D eigenvalue weighted by Crippen LogP contribution is -1.88. The lowest BCUT2D eigenvalue weighted by Gasteiger charge is -2.03. The summed E-state index contributed by atoms with van der Waals surface area (Å²) in [6, 6.07) is 2.31. The molecule has 0 amide bonds. The molecule has 0 unspecified atom stereocenters. The molecule has 0 saturated heterocycles. The third-order valence-corrected chi connectivity index (χ3v) is 3.55. The molecule has 0 atom stereocenters. The van der Waals surface area contributed by atoms with Gasteiger partial charge in [0.15, 0.2) is 11.6 Å². The van der Waals surface area contributed by atoms with Crippen molar-refractivity contribution in [3.05, 3.63) is 108 Å². The number of hydrogen-bond donors (Lipinski definition) is 1. The predicted molar refractivity (Wildman–Crippen MR) is 102 cm³/mol. The first kappa shape index (κ1) is 21.0. The number of hydrogen-bond acceptors (Lipinski definition) is 1. The van der Waals surface area contributed by atoms with E-state index in [1.54, 1.807) is 19.1 Å². The number of phenols is 1. The Labute approximate surface area is 152 Å². The van der Waals surface area contributed by atoms with E-state index < -0.39 is 23.2 Å². The Morgan fingerprint density at radius 1 is 1.00 bits per heavy atom. The SMILES string of the molecule is C=C(/C=C\C(=C)C(=C)/C=C(/F)C(=C)CC)/C=C/c1ccc(O)c(F)c1F. The first-order valence-electron chi connectivity index (χ1n) is 7.82. The molecular formula is C22H21F3O. The van der Waals surface area contributed by atoms with Crippen molar-refractivity contribution in [3.63, 3.8) is 0 Å². The molecule has 0 aliphatic rings. The number of aromatic hydroxyl groups is 1. The number of allylic oxidation sites excluding steroid dienone is 9. The van der Waals surface area contributed by atoms with Crippen molar-refractivity contribution in [2.45, 2.75) is 13.3 Å². The van der Waals surface area contributed by atoms with E-state index in [0.29, 0.717) is 28.7 Å². The maximum Gasteiger partial charge on any atom is 0.200 e. The first-order chi connectivity index (χ1) is 12.2. The fraction of sp³-hybridized carbons (Fsp3) is 0.0909. The largest absolute Gasteiger partial charge is 0.505 e. The van der Waals surface area contributed by atoms with Crippen LogP contribution in [-0.4, -0.2) is 5.11 Å². The molecule has 0 fully saturated rings. The lowest BCUT2D eigenvalue weighted by atomic mass is 10.1. The molecule has 0 heterocycles. The van der Waals surface area contributed by atoms with Crippen molar-refractivity contribution in [2.75, 3.05) is 0 Å². The highest BCUT2D eigenvalue weighted by molar-refractivity contribution is 5.57. The number of halogens is 3. The summed E-state index contributed by atoms with van der Waals surface area (Å²) in [6.07, 6.45) is 7.71. The molecule has 1 aromatic carbocycles. The van der Waals surface area contributed by atoms with Gasteiger partial charge in [0, 0.05) is 5.56 Å². The van der Waals surface area contributed by atoms with Gasteiger partial charge in [0.1, 0.15) is 5.83 Å². The van der Waals surface area contributed by atoms with E-state index in [1.165, 1.54) is 24.3 Å². The average Bonchev–Trinajstić information content (AvgIpc) is 2.62. The van der Waals surface area contributed by atoms with Crippen molar-refractivity contribution < 1.29 is 18.3 Å². The van der Waals surface area contributed by atoms with Crippen LogP contribution < -0.4 is 0 Å². The summed E-state index contributed by atoms with van der Waals surface area (Å²) in [5.41, 5.74) is 1.69. The molecule has 26 heavy (non-hydrogen) atoms. The maximum absolute atomic E-state index is 13.7. The van der Waals surface area contributed by atoms with Gasteiger partial charge in [-0.25, -0.2) is 8.78 Å². The Kier molecular flexibility index (Phi) is 7.66. The molecule has 0 aliphatic carbocycles. The van der Waals surface area contributed by atoms with Crippen LogP contribution in [0.4, 0.5) is 13.2 Å². The van der Waals surface area contributed by atoms with Gasteiger partial charge in [-0.1, -0.05) is 57.5 Å². The molecule has 1 aromatic rings. The summed E-state index contributed by atoms with van der Waals surface area (Å²) in [6.45, 7) is 16.7. The Balaban J connectivity index is 2.79. The Morgan fingerprint density at radius 2 is 1.65 bits per heavy atom. The Hall–Kier alpha value is -3.01. The summed E-state index contributed by atoms with van der Waals surface area (Å²) < 4.78 is 40.7. The smallest absolute Gasteiger partial charge is 0.200 e. The van der Waals surface area contributed by atoms with Gasteiger partial charge in [-0.05, 0) is 46.9 Å². The van der Waals surface area contributed by atoms with Gasteiger partial charge in [0.2, 0.25) is 5.82 Å². The van der Waals surface area contributed by atoms with E-state index in [0.717, 1.165) is 6.07 Å². The lowest BCUT2D eigenvalue weighted by molar-refractivity contribution is 0.406. The van der Waals surface area contributed by atoms with E-state index in [-0.39, 0.29) is 5.56 Å². The monoisotopic (exact) mass is 358 g/mol. The Morgan fingerprint density at radius 3 is 2.27 bits per heavy atom. The normalized spacial score (nSPS) is 11.9. The van der Waals surface area contributed by atoms with Gasteiger partial charge in [0.25, 0.3) is 0 Å². The molecule has 0 saturated carbocycles. The van der Waals surface area contributed by atoms with Crippen molar-refractivity contribution in [2.24, 2.45) is 0 Å². The zero-order chi connectivity index (χ0) is 19.9. The van der Waals surface area contributed by atoms with Crippen LogP contribution in [0, 0.1) is 11.6 Å². The summed E-state index contributed by atoms with van der Waals surface area (Å²) in [4.78, 5) is 0. The van der Waals surface area contributed by atoms with E-state index in [1.807, 2.05) is 0 Å². The van der Waals surface area contributed by atoms with Gasteiger partial charge < -0.3 is 5.11 Å². The van der Waals surface area contributed by atoms with Crippen LogP contribution >= 0.6 is 0 Å². The maximum atomic E-state index is 13.7. The van der Waals surface area contributed by atoms with E-state index in [4.69, 9.17) is 5.11 Å². The van der Waals surface area contributed by atoms with Crippen LogP contribution in [0.1, 0.15) is 18.9 Å². The van der Waals surface area contributed by atoms with Crippen molar-refractivity contribution >= 4 is 6.08 Å². The summed E-state index contributed by atoms with van der Waals surface area (Å²) >= 11 is 0. The zero-order valence-electron chi connectivity index (χ0n) is 14.7. The van der Waals surface area contributed by atoms with Crippen molar-refractivity contribution in [3.8, 4) is 5.75 Å². The van der Waals surface area contributed by atoms with Gasteiger partial charge >= 0.3 is 0 Å². The molecule has 0 aliphatic heterocycles. The molecule has 0 radical (unpaired) electrons. The van der Waals surface area contributed by atoms with Crippen LogP contribution in [0.3, 0.4) is 0 Å². The fourth-order valence-electron chi connectivity index (χ4n) is 1.77. The minimum atomic E-state index is -1.31. The topological polar surface area (TPSA) is 20.2 Å². The second-order valence-corrected chi connectivity index (χ2v) is 5.54. The summed E-state index contributed by atoms with van der Waals surface area (Å²) in [5, 5.41) is 9.09. The minimum absolute atomic E-state index is 0.0267. The third-order valence-electron chi connectivity index (χ3n) is 3.55. The Bertz CT molecular complexity index is 839. The van der Waals surface area contributed by atoms with E-state index >= 15 is 0 Å². The van der Waals surface area contributed by atoms with Gasteiger partial charge in [-0.3, -0.25) is 0 Å². The molecule has 136 valence electrons. The highest BCUT2D eigenvalue weighted by atomic mass is 19.2. The molecule has 4 heteroatoms. The van der Waals surface area contributed by atoms with Crippen LogP contribution in [0.5, 0.6) is 5.75 Å². The summed E-state index contributed by atoms with van der Waals surface area (Å²) in [5.74, 6) is -3.65. The zero-order valence-corrected chi connectivity index (χ0v) is 14.7. The second-order valence-electron chi connectivity index (χ2n) is 5.54. The molecular weight excluding hydrogens is 337 g/mol. The molecule has 1 rings (SSSR count). The fourth-order valence-corrected chi connectivity index (χ4v) is 1.77. The quantitative estimate of drug-likeness (QED) is 0.511. The van der Waals surface area contributed by atoms with Crippen LogP contribution in [0.25, 0.3) is 6.08 Å². The third kappa shape index (κ3) is 5.81. The minimum Gasteiger partial charge on any atom is -0.505 e. The van der Waals surface area contributed by atoms with Crippen LogP contribution in [0.2, 0.25) is 0 Å². The molecule has 1 nitrogen and oxygen atoms in total. The predicted octanol–water partition coefficient (Wildman–Crippen LogP) is 6.73. The van der Waals surface area contributed by atoms with Crippen LogP contribution in [0.15, 0.2) is 90.9 Å². The van der Waals surface area contributed by atoms with E-state index in [2.05, 4.69) is 26.3 Å². The van der Waals surface area contributed by atoms with Crippen molar-refractivity contribution in [1.29, 1.82) is 0 Å². The first-order valence-corrected chi connectivity index (χ1v) is 7.82. The van der Waals surface area contributed by atoms with Gasteiger partial charge in [-0.2, -0.15) is 4.39 Å². The molecule has 0 spiro atoms. The molecule has 1 N–H and O–H groups in total. The number of rotatable bonds is 8. The second kappa shape index (κ2) is 9.47. The van der Waals surface area contributed by atoms with Gasteiger partial charge in [0.05, 0.1) is 0 Å². The molecule has 0 bridgehead atoms. The highest BCUT2D eigenvalue weighted by Crippen LogP contribution is 2.23. The van der Waals surface area contributed by atoms with Crippen LogP contribution in [-0.2, 0) is 0 Å². The highest BCUT2D eigenvalue weighted by Gasteiger charge is 2.10.